The first-order valence-corrected chi connectivity index (χ1v) is 8.65. The number of rotatable bonds is 4. The van der Waals surface area contributed by atoms with Crippen LogP contribution in [0.4, 0.5) is 5.69 Å². The molecule has 0 aliphatic carbocycles. The van der Waals surface area contributed by atoms with Gasteiger partial charge in [-0.15, -0.1) is 0 Å². The summed E-state index contributed by atoms with van der Waals surface area (Å²) in [4.78, 5) is 23.5. The first-order chi connectivity index (χ1) is 9.32. The summed E-state index contributed by atoms with van der Waals surface area (Å²) in [5, 5.41) is 12.0. The monoisotopic (exact) mass is 612 g/mol. The second-order valence-corrected chi connectivity index (χ2v) is 6.93. The van der Waals surface area contributed by atoms with Gasteiger partial charge in [-0.25, -0.2) is 4.79 Å². The summed E-state index contributed by atoms with van der Waals surface area (Å²) in [6.07, 6.45) is 3.62. The number of allylic oxidation sites excluding steroid dienone is 1. The lowest BCUT2D eigenvalue weighted by Crippen LogP contribution is -2.27. The summed E-state index contributed by atoms with van der Waals surface area (Å²) in [6.45, 7) is 2.24. The Balaban J connectivity index is 3.39. The summed E-state index contributed by atoms with van der Waals surface area (Å²) < 4.78 is 1.42. The minimum Gasteiger partial charge on any atom is -0.478 e. The molecule has 108 valence electrons. The lowest BCUT2D eigenvalue weighted by molar-refractivity contribution is 0.0694. The highest BCUT2D eigenvalue weighted by atomic mass is 127. The molecule has 0 saturated carbocycles. The molecule has 0 radical (unpaired) electrons. The molecule has 0 saturated heterocycles. The van der Waals surface area contributed by atoms with Crippen LogP contribution in [-0.4, -0.2) is 23.5 Å². The van der Waals surface area contributed by atoms with Crippen molar-refractivity contribution in [2.75, 3.05) is 12.3 Å². The van der Waals surface area contributed by atoms with Crippen molar-refractivity contribution in [3.05, 3.63) is 34.0 Å². The van der Waals surface area contributed by atoms with Crippen molar-refractivity contribution < 1.29 is 14.7 Å². The maximum atomic E-state index is 12.2. The van der Waals surface area contributed by atoms with Crippen LogP contribution < -0.4 is 11.1 Å². The number of carboxylic acids is 1. The molecule has 0 aromatic heterocycles. The predicted octanol–water partition coefficient (Wildman–Crippen LogP) is 3.09. The maximum Gasteiger partial charge on any atom is 0.337 e. The summed E-state index contributed by atoms with van der Waals surface area (Å²) in [5.74, 6) is -1.42. The Labute approximate surface area is 157 Å². The molecule has 0 aliphatic heterocycles. The van der Waals surface area contributed by atoms with Gasteiger partial charge in [0.05, 0.1) is 24.0 Å². The smallest absolute Gasteiger partial charge is 0.337 e. The van der Waals surface area contributed by atoms with Gasteiger partial charge in [0.15, 0.2) is 0 Å². The molecule has 0 heterocycles. The molecule has 8 heteroatoms. The van der Waals surface area contributed by atoms with Crippen LogP contribution in [0.3, 0.4) is 0 Å². The van der Waals surface area contributed by atoms with Crippen LogP contribution in [0.25, 0.3) is 0 Å². The molecule has 1 aromatic rings. The molecule has 0 unspecified atom stereocenters. The number of halogens is 3. The molecule has 0 aliphatic rings. The Morgan fingerprint density at radius 3 is 2.25 bits per heavy atom. The second-order valence-electron chi connectivity index (χ2n) is 3.69. The molecule has 1 rings (SSSR count). The third-order valence-electron chi connectivity index (χ3n) is 2.41. The van der Waals surface area contributed by atoms with Crippen molar-refractivity contribution in [3.8, 4) is 0 Å². The molecule has 20 heavy (non-hydrogen) atoms. The molecule has 5 nitrogen and oxygen atoms in total. The van der Waals surface area contributed by atoms with Crippen LogP contribution in [0.5, 0.6) is 0 Å². The maximum absolute atomic E-state index is 12.2. The van der Waals surface area contributed by atoms with E-state index >= 15 is 0 Å². The second kappa shape index (κ2) is 7.77. The number of nitrogen functional groups attached to an aromatic ring is 1. The van der Waals surface area contributed by atoms with Crippen LogP contribution in [0.15, 0.2) is 12.2 Å². The molecular weight excluding hydrogens is 601 g/mol. The zero-order chi connectivity index (χ0) is 15.4. The van der Waals surface area contributed by atoms with Crippen molar-refractivity contribution in [1.82, 2.24) is 5.32 Å². The zero-order valence-electron chi connectivity index (χ0n) is 10.3. The van der Waals surface area contributed by atoms with Gasteiger partial charge < -0.3 is 16.2 Å². The number of anilines is 1. The van der Waals surface area contributed by atoms with Crippen molar-refractivity contribution >= 4 is 85.3 Å². The summed E-state index contributed by atoms with van der Waals surface area (Å²) >= 11 is 5.73. The fourth-order valence-electron chi connectivity index (χ4n) is 1.43. The highest BCUT2D eigenvalue weighted by Crippen LogP contribution is 2.33. The Morgan fingerprint density at radius 1 is 1.20 bits per heavy atom. The highest BCUT2D eigenvalue weighted by molar-refractivity contribution is 14.1. The summed E-state index contributed by atoms with van der Waals surface area (Å²) in [7, 11) is 0. The van der Waals surface area contributed by atoms with Gasteiger partial charge in [-0.3, -0.25) is 4.79 Å². The average Bonchev–Trinajstić information content (AvgIpc) is 2.36. The quantitative estimate of drug-likeness (QED) is 0.277. The van der Waals surface area contributed by atoms with Crippen LogP contribution in [0, 0.1) is 10.7 Å². The third kappa shape index (κ3) is 3.75. The van der Waals surface area contributed by atoms with Crippen molar-refractivity contribution in [2.24, 2.45) is 0 Å². The normalized spacial score (nSPS) is 10.8. The molecule has 1 aromatic carbocycles. The van der Waals surface area contributed by atoms with Gasteiger partial charge in [0.2, 0.25) is 0 Å². The fourth-order valence-corrected chi connectivity index (χ4v) is 5.55. The van der Waals surface area contributed by atoms with E-state index in [9.17, 15) is 14.7 Å². The van der Waals surface area contributed by atoms with Crippen molar-refractivity contribution in [1.29, 1.82) is 0 Å². The molecule has 1 amide bonds. The van der Waals surface area contributed by atoms with E-state index in [1.54, 1.807) is 6.08 Å². The molecule has 4 N–H and O–H groups in total. The van der Waals surface area contributed by atoms with Gasteiger partial charge in [-0.1, -0.05) is 12.2 Å². The van der Waals surface area contributed by atoms with Crippen molar-refractivity contribution in [3.63, 3.8) is 0 Å². The van der Waals surface area contributed by atoms with E-state index in [1.807, 2.05) is 80.8 Å². The lowest BCUT2D eigenvalue weighted by Gasteiger charge is -2.14. The van der Waals surface area contributed by atoms with Crippen LogP contribution in [0.2, 0.25) is 0 Å². The number of nitrogens with one attached hydrogen (secondary N) is 1. The minimum atomic E-state index is -1.09. The average molecular weight is 612 g/mol. The Morgan fingerprint density at radius 2 is 1.75 bits per heavy atom. The van der Waals surface area contributed by atoms with Gasteiger partial charge in [0.1, 0.15) is 0 Å². The van der Waals surface area contributed by atoms with E-state index in [4.69, 9.17) is 5.73 Å². The van der Waals surface area contributed by atoms with E-state index in [0.29, 0.717) is 28.5 Å². The standard InChI is InChI=1S/C12H11I3N2O3/c1-2-3-4-17-11(18)5-7(13)6(12(19)20)9(15)10(16)8(5)14/h2-3H,4,16H2,1H3,(H,17,18)(H,19,20). The number of carboxylic acid groups (broad SMARTS) is 1. The van der Waals surface area contributed by atoms with E-state index in [2.05, 4.69) is 5.32 Å². The number of nitrogens with two attached hydrogens (primary N) is 1. The fraction of sp³-hybridized carbons (Fsp3) is 0.167. The molecule has 0 spiro atoms. The first kappa shape index (κ1) is 17.9. The number of aromatic carboxylic acids is 1. The topological polar surface area (TPSA) is 92.4 Å². The molecular formula is C12H11I3N2O3. The Hall–Kier alpha value is -0.110. The molecule has 0 fully saturated rings. The number of amides is 1. The zero-order valence-corrected chi connectivity index (χ0v) is 16.8. The first-order valence-electron chi connectivity index (χ1n) is 5.41. The summed E-state index contributed by atoms with van der Waals surface area (Å²) in [6, 6.07) is 0. The van der Waals surface area contributed by atoms with Gasteiger partial charge >= 0.3 is 5.97 Å². The van der Waals surface area contributed by atoms with Gasteiger partial charge in [0, 0.05) is 10.1 Å². The summed E-state index contributed by atoms with van der Waals surface area (Å²) in [5.41, 5.74) is 6.61. The number of hydrogen-bond acceptors (Lipinski definition) is 3. The number of carbonyl (C=O) groups excluding carboxylic acids is 1. The predicted molar refractivity (Wildman–Crippen MR) is 103 cm³/mol. The lowest BCUT2D eigenvalue weighted by atomic mass is 10.1. The number of benzene rings is 1. The van der Waals surface area contributed by atoms with Crippen LogP contribution in [0.1, 0.15) is 27.6 Å². The highest BCUT2D eigenvalue weighted by Gasteiger charge is 2.26. The van der Waals surface area contributed by atoms with E-state index in [0.717, 1.165) is 0 Å². The van der Waals surface area contributed by atoms with E-state index < -0.39 is 5.97 Å². The Kier molecular flexibility index (Phi) is 6.97. The molecule has 0 atom stereocenters. The van der Waals surface area contributed by atoms with Gasteiger partial charge in [0.25, 0.3) is 5.91 Å². The third-order valence-corrected chi connectivity index (χ3v) is 5.73. The SMILES string of the molecule is CC=CCNC(=O)c1c(I)c(N)c(I)c(C(=O)O)c1I. The minimum absolute atomic E-state index is 0.0697. The van der Waals surface area contributed by atoms with E-state index in [-0.39, 0.29) is 11.5 Å². The largest absolute Gasteiger partial charge is 0.478 e. The Bertz CT molecular complexity index is 600. The van der Waals surface area contributed by atoms with Crippen LogP contribution >= 0.6 is 67.8 Å². The van der Waals surface area contributed by atoms with Crippen molar-refractivity contribution in [2.45, 2.75) is 6.92 Å². The van der Waals surface area contributed by atoms with Gasteiger partial charge in [-0.2, -0.15) is 0 Å². The number of carbonyl (C=O) groups is 2. The molecule has 0 bridgehead atoms. The van der Waals surface area contributed by atoms with E-state index in [1.165, 1.54) is 0 Å². The van der Waals surface area contributed by atoms with Gasteiger partial charge in [-0.05, 0) is 74.7 Å². The number of hydrogen-bond donors (Lipinski definition) is 3. The van der Waals surface area contributed by atoms with Crippen LogP contribution in [-0.2, 0) is 0 Å².